The standard InChI is InChI=1S/C15H15ClFN/c16-14-5-1-13(2-6-14)11-18-10-9-12-3-7-15(17)8-4-12/h1-8,18H,9-11H2. The van der Waals surface area contributed by atoms with Crippen LogP contribution in [0.1, 0.15) is 11.1 Å². The molecule has 0 aliphatic rings. The quantitative estimate of drug-likeness (QED) is 0.809. The van der Waals surface area contributed by atoms with Crippen LogP contribution in [0.15, 0.2) is 48.5 Å². The predicted octanol–water partition coefficient (Wildman–Crippen LogP) is 3.81. The average molecular weight is 264 g/mol. The Labute approximate surface area is 112 Å². The summed E-state index contributed by atoms with van der Waals surface area (Å²) in [5, 5.41) is 4.10. The van der Waals surface area contributed by atoms with Crippen molar-refractivity contribution in [3.05, 3.63) is 70.5 Å². The van der Waals surface area contributed by atoms with Gasteiger partial charge in [-0.25, -0.2) is 4.39 Å². The van der Waals surface area contributed by atoms with Crippen molar-refractivity contribution in [3.63, 3.8) is 0 Å². The number of hydrogen-bond donors (Lipinski definition) is 1. The van der Waals surface area contributed by atoms with Crippen molar-refractivity contribution in [2.75, 3.05) is 6.54 Å². The van der Waals surface area contributed by atoms with Crippen LogP contribution in [0.4, 0.5) is 4.39 Å². The van der Waals surface area contributed by atoms with E-state index in [9.17, 15) is 4.39 Å². The van der Waals surface area contributed by atoms with E-state index in [2.05, 4.69) is 5.32 Å². The van der Waals surface area contributed by atoms with Crippen LogP contribution in [-0.4, -0.2) is 6.54 Å². The van der Waals surface area contributed by atoms with Gasteiger partial charge in [0.15, 0.2) is 0 Å². The van der Waals surface area contributed by atoms with Gasteiger partial charge >= 0.3 is 0 Å². The summed E-state index contributed by atoms with van der Waals surface area (Å²) in [6, 6.07) is 14.4. The maximum absolute atomic E-state index is 12.7. The fourth-order valence-corrected chi connectivity index (χ4v) is 1.84. The molecular formula is C15H15ClFN. The van der Waals surface area contributed by atoms with Gasteiger partial charge in [0.2, 0.25) is 0 Å². The van der Waals surface area contributed by atoms with Crippen molar-refractivity contribution < 1.29 is 4.39 Å². The van der Waals surface area contributed by atoms with Gasteiger partial charge in [-0.15, -0.1) is 0 Å². The van der Waals surface area contributed by atoms with Crippen molar-refractivity contribution in [1.82, 2.24) is 5.32 Å². The second-order valence-corrected chi connectivity index (χ2v) is 4.62. The molecule has 2 aromatic rings. The summed E-state index contributed by atoms with van der Waals surface area (Å²) in [5.74, 6) is -0.187. The number of halogens is 2. The van der Waals surface area contributed by atoms with E-state index in [-0.39, 0.29) is 5.82 Å². The van der Waals surface area contributed by atoms with Gasteiger partial charge in [0.25, 0.3) is 0 Å². The molecule has 3 heteroatoms. The highest BCUT2D eigenvalue weighted by atomic mass is 35.5. The molecule has 0 heterocycles. The van der Waals surface area contributed by atoms with Crippen molar-refractivity contribution in [1.29, 1.82) is 0 Å². The monoisotopic (exact) mass is 263 g/mol. The van der Waals surface area contributed by atoms with Gasteiger partial charge in [-0.05, 0) is 48.4 Å². The number of nitrogens with one attached hydrogen (secondary N) is 1. The van der Waals surface area contributed by atoms with Gasteiger partial charge in [0.05, 0.1) is 0 Å². The van der Waals surface area contributed by atoms with Crippen LogP contribution in [0.3, 0.4) is 0 Å². The number of hydrogen-bond acceptors (Lipinski definition) is 1. The Hall–Kier alpha value is -1.38. The van der Waals surface area contributed by atoms with Crippen LogP contribution in [-0.2, 0) is 13.0 Å². The Kier molecular flexibility index (Phi) is 4.73. The van der Waals surface area contributed by atoms with Gasteiger partial charge in [-0.1, -0.05) is 35.9 Å². The number of rotatable bonds is 5. The summed E-state index contributed by atoms with van der Waals surface area (Å²) in [5.41, 5.74) is 2.35. The third-order valence-corrected chi connectivity index (χ3v) is 3.00. The van der Waals surface area contributed by atoms with E-state index in [1.54, 1.807) is 0 Å². The molecule has 0 unspecified atom stereocenters. The number of benzene rings is 2. The SMILES string of the molecule is Fc1ccc(CCNCc2ccc(Cl)cc2)cc1. The van der Waals surface area contributed by atoms with Gasteiger partial charge in [0, 0.05) is 11.6 Å². The molecule has 0 spiro atoms. The van der Waals surface area contributed by atoms with Crippen LogP contribution in [0.5, 0.6) is 0 Å². The minimum Gasteiger partial charge on any atom is -0.312 e. The lowest BCUT2D eigenvalue weighted by atomic mass is 10.1. The van der Waals surface area contributed by atoms with Gasteiger partial charge in [0.1, 0.15) is 5.82 Å². The van der Waals surface area contributed by atoms with Crippen molar-refractivity contribution in [2.24, 2.45) is 0 Å². The van der Waals surface area contributed by atoms with Crippen LogP contribution >= 0.6 is 11.6 Å². The Morgan fingerprint density at radius 2 is 1.50 bits per heavy atom. The molecule has 0 aromatic heterocycles. The van der Waals surface area contributed by atoms with E-state index in [1.165, 1.54) is 17.7 Å². The normalized spacial score (nSPS) is 10.6. The van der Waals surface area contributed by atoms with Gasteiger partial charge < -0.3 is 5.32 Å². The van der Waals surface area contributed by atoms with Gasteiger partial charge in [-0.3, -0.25) is 0 Å². The highest BCUT2D eigenvalue weighted by Crippen LogP contribution is 2.09. The highest BCUT2D eigenvalue weighted by Gasteiger charge is 1.95. The molecule has 0 atom stereocenters. The Balaban J connectivity index is 1.73. The smallest absolute Gasteiger partial charge is 0.123 e. The molecule has 0 fully saturated rings. The summed E-state index contributed by atoms with van der Waals surface area (Å²) in [7, 11) is 0. The van der Waals surface area contributed by atoms with Crippen LogP contribution in [0.25, 0.3) is 0 Å². The van der Waals surface area contributed by atoms with E-state index in [0.717, 1.165) is 30.1 Å². The lowest BCUT2D eigenvalue weighted by molar-refractivity contribution is 0.626. The fraction of sp³-hybridized carbons (Fsp3) is 0.200. The first-order valence-electron chi connectivity index (χ1n) is 5.93. The predicted molar refractivity (Wildman–Crippen MR) is 73.3 cm³/mol. The molecule has 18 heavy (non-hydrogen) atoms. The molecule has 1 nitrogen and oxygen atoms in total. The topological polar surface area (TPSA) is 12.0 Å². The summed E-state index contributed by atoms with van der Waals surface area (Å²) in [6.45, 7) is 1.69. The maximum atomic E-state index is 12.7. The third-order valence-electron chi connectivity index (χ3n) is 2.75. The van der Waals surface area contributed by atoms with E-state index < -0.39 is 0 Å². The molecule has 0 aliphatic carbocycles. The van der Waals surface area contributed by atoms with Crippen LogP contribution < -0.4 is 5.32 Å². The summed E-state index contributed by atoms with van der Waals surface area (Å²) in [6.07, 6.45) is 0.897. The molecule has 2 rings (SSSR count). The van der Waals surface area contributed by atoms with E-state index in [1.807, 2.05) is 36.4 Å². The molecular weight excluding hydrogens is 249 g/mol. The zero-order valence-corrected chi connectivity index (χ0v) is 10.8. The van der Waals surface area contributed by atoms with Gasteiger partial charge in [-0.2, -0.15) is 0 Å². The Bertz CT molecular complexity index is 431. The zero-order chi connectivity index (χ0) is 12.8. The first-order valence-corrected chi connectivity index (χ1v) is 6.31. The molecule has 94 valence electrons. The van der Waals surface area contributed by atoms with Crippen molar-refractivity contribution in [3.8, 4) is 0 Å². The minimum atomic E-state index is -0.187. The minimum absolute atomic E-state index is 0.187. The summed E-state index contributed by atoms with van der Waals surface area (Å²) in [4.78, 5) is 0. The lowest BCUT2D eigenvalue weighted by Crippen LogP contribution is -2.16. The average Bonchev–Trinajstić information content (AvgIpc) is 2.39. The fourth-order valence-electron chi connectivity index (χ4n) is 1.72. The second-order valence-electron chi connectivity index (χ2n) is 4.18. The molecule has 0 saturated heterocycles. The molecule has 0 saturated carbocycles. The molecule has 0 bridgehead atoms. The molecule has 1 N–H and O–H groups in total. The molecule has 0 aliphatic heterocycles. The van der Waals surface area contributed by atoms with E-state index in [4.69, 9.17) is 11.6 Å². The highest BCUT2D eigenvalue weighted by molar-refractivity contribution is 6.30. The Morgan fingerprint density at radius 1 is 0.889 bits per heavy atom. The van der Waals surface area contributed by atoms with E-state index in [0.29, 0.717) is 0 Å². The van der Waals surface area contributed by atoms with Crippen LogP contribution in [0, 0.1) is 5.82 Å². The van der Waals surface area contributed by atoms with Crippen molar-refractivity contribution in [2.45, 2.75) is 13.0 Å². The van der Waals surface area contributed by atoms with E-state index >= 15 is 0 Å². The largest absolute Gasteiger partial charge is 0.312 e. The first-order chi connectivity index (χ1) is 8.74. The summed E-state index contributed by atoms with van der Waals surface area (Å²) < 4.78 is 12.7. The maximum Gasteiger partial charge on any atom is 0.123 e. The van der Waals surface area contributed by atoms with Crippen LogP contribution in [0.2, 0.25) is 5.02 Å². The van der Waals surface area contributed by atoms with Crippen molar-refractivity contribution >= 4 is 11.6 Å². The molecule has 2 aromatic carbocycles. The molecule has 0 radical (unpaired) electrons. The zero-order valence-electron chi connectivity index (χ0n) is 10.00. The lowest BCUT2D eigenvalue weighted by Gasteiger charge is -2.05. The summed E-state index contributed by atoms with van der Waals surface area (Å²) >= 11 is 5.81. The second kappa shape index (κ2) is 6.53. The first kappa shape index (κ1) is 13.1. The molecule has 0 amide bonds. The Morgan fingerprint density at radius 3 is 2.17 bits per heavy atom. The third kappa shape index (κ3) is 4.13.